The fourth-order valence-electron chi connectivity index (χ4n) is 1.40. The third-order valence-corrected chi connectivity index (χ3v) is 2.82. The monoisotopic (exact) mass is 245 g/mol. The Balaban J connectivity index is 2.50. The zero-order valence-corrected chi connectivity index (χ0v) is 8.65. The highest BCUT2D eigenvalue weighted by molar-refractivity contribution is 8.00. The molecule has 1 aromatic carbocycles. The van der Waals surface area contributed by atoms with Gasteiger partial charge in [-0.3, -0.25) is 4.79 Å². The standard InChI is InChI=1S/C10H6F3NOS/c11-10(12,13)16-9-4-14-8-2-1-6(5-15)3-7(8)9/h1-5,14H. The molecule has 0 aliphatic rings. The number of hydrogen-bond acceptors (Lipinski definition) is 2. The number of H-pyrrole nitrogens is 1. The van der Waals surface area contributed by atoms with E-state index in [4.69, 9.17) is 0 Å². The molecule has 2 nitrogen and oxygen atoms in total. The summed E-state index contributed by atoms with van der Waals surface area (Å²) < 4.78 is 36.6. The van der Waals surface area contributed by atoms with Gasteiger partial charge in [0.25, 0.3) is 0 Å². The van der Waals surface area contributed by atoms with Crippen LogP contribution in [0, 0.1) is 0 Å². The summed E-state index contributed by atoms with van der Waals surface area (Å²) in [5.41, 5.74) is -3.39. The van der Waals surface area contributed by atoms with E-state index in [-0.39, 0.29) is 16.7 Å². The quantitative estimate of drug-likeness (QED) is 0.647. The Labute approximate surface area is 92.8 Å². The van der Waals surface area contributed by atoms with Crippen molar-refractivity contribution in [1.82, 2.24) is 4.98 Å². The van der Waals surface area contributed by atoms with Crippen LogP contribution in [-0.2, 0) is 0 Å². The highest BCUT2D eigenvalue weighted by atomic mass is 32.2. The summed E-state index contributed by atoms with van der Waals surface area (Å²) in [6.07, 6.45) is 1.89. The van der Waals surface area contributed by atoms with E-state index >= 15 is 0 Å². The van der Waals surface area contributed by atoms with E-state index < -0.39 is 5.51 Å². The van der Waals surface area contributed by atoms with Crippen molar-refractivity contribution in [2.24, 2.45) is 0 Å². The first-order chi connectivity index (χ1) is 7.49. The minimum atomic E-state index is -4.33. The zero-order chi connectivity index (χ0) is 11.8. The number of aromatic nitrogens is 1. The van der Waals surface area contributed by atoms with Crippen LogP contribution in [0.1, 0.15) is 10.4 Å². The van der Waals surface area contributed by atoms with Gasteiger partial charge in [0.2, 0.25) is 0 Å². The van der Waals surface area contributed by atoms with E-state index in [1.54, 1.807) is 12.1 Å². The van der Waals surface area contributed by atoms with Crippen LogP contribution >= 0.6 is 11.8 Å². The molecular weight excluding hydrogens is 239 g/mol. The van der Waals surface area contributed by atoms with Crippen molar-refractivity contribution in [2.45, 2.75) is 10.4 Å². The predicted octanol–water partition coefficient (Wildman–Crippen LogP) is 3.59. The molecule has 0 aliphatic heterocycles. The average Bonchev–Trinajstić information content (AvgIpc) is 2.58. The number of halogens is 3. The molecule has 0 saturated carbocycles. The maximum atomic E-state index is 12.2. The van der Waals surface area contributed by atoms with Gasteiger partial charge in [-0.25, -0.2) is 0 Å². The highest BCUT2D eigenvalue weighted by Gasteiger charge is 2.30. The van der Waals surface area contributed by atoms with Crippen LogP contribution in [0.5, 0.6) is 0 Å². The third kappa shape index (κ3) is 2.21. The predicted molar refractivity (Wildman–Crippen MR) is 55.6 cm³/mol. The molecular formula is C10H6F3NOS. The lowest BCUT2D eigenvalue weighted by molar-refractivity contribution is -0.0327. The summed E-state index contributed by atoms with van der Waals surface area (Å²) >= 11 is -0.191. The summed E-state index contributed by atoms with van der Waals surface area (Å²) in [7, 11) is 0. The van der Waals surface area contributed by atoms with Crippen molar-refractivity contribution in [3.8, 4) is 0 Å². The zero-order valence-electron chi connectivity index (χ0n) is 7.84. The molecule has 1 heterocycles. The molecule has 0 unspecified atom stereocenters. The van der Waals surface area contributed by atoms with Gasteiger partial charge in [-0.15, -0.1) is 0 Å². The molecule has 1 aromatic heterocycles. The van der Waals surface area contributed by atoms with Crippen LogP contribution in [0.3, 0.4) is 0 Å². The van der Waals surface area contributed by atoms with Crippen LogP contribution in [0.4, 0.5) is 13.2 Å². The first-order valence-corrected chi connectivity index (χ1v) is 5.13. The summed E-state index contributed by atoms with van der Waals surface area (Å²) in [6, 6.07) is 4.57. The van der Waals surface area contributed by atoms with Gasteiger partial charge in [0.1, 0.15) is 6.29 Å². The molecule has 6 heteroatoms. The van der Waals surface area contributed by atoms with E-state index in [9.17, 15) is 18.0 Å². The maximum absolute atomic E-state index is 12.2. The molecule has 0 amide bonds. The number of alkyl halides is 3. The van der Waals surface area contributed by atoms with Crippen LogP contribution in [0.15, 0.2) is 29.3 Å². The molecule has 1 N–H and O–H groups in total. The fourth-order valence-corrected chi connectivity index (χ4v) is 2.04. The Hall–Kier alpha value is -1.43. The van der Waals surface area contributed by atoms with E-state index in [1.165, 1.54) is 12.3 Å². The van der Waals surface area contributed by atoms with Gasteiger partial charge in [-0.2, -0.15) is 13.2 Å². The normalized spacial score (nSPS) is 11.9. The number of aldehydes is 1. The largest absolute Gasteiger partial charge is 0.446 e. The first kappa shape index (κ1) is 11.1. The number of carbonyl (C=O) groups is 1. The van der Waals surface area contributed by atoms with Crippen LogP contribution in [-0.4, -0.2) is 16.8 Å². The molecule has 0 fully saturated rings. The molecule has 84 valence electrons. The molecule has 0 saturated heterocycles. The van der Waals surface area contributed by atoms with Gasteiger partial charge in [0, 0.05) is 27.6 Å². The number of benzene rings is 1. The van der Waals surface area contributed by atoms with Crippen molar-refractivity contribution in [3.05, 3.63) is 30.0 Å². The van der Waals surface area contributed by atoms with E-state index in [2.05, 4.69) is 4.98 Å². The van der Waals surface area contributed by atoms with Crippen molar-refractivity contribution in [1.29, 1.82) is 0 Å². The van der Waals surface area contributed by atoms with Gasteiger partial charge >= 0.3 is 5.51 Å². The average molecular weight is 245 g/mol. The number of carbonyl (C=O) groups excluding carboxylic acids is 1. The molecule has 2 rings (SSSR count). The fraction of sp³-hybridized carbons (Fsp3) is 0.100. The molecule has 0 atom stereocenters. The molecule has 0 aliphatic carbocycles. The SMILES string of the molecule is O=Cc1ccc2[nH]cc(SC(F)(F)F)c2c1. The molecule has 16 heavy (non-hydrogen) atoms. The summed E-state index contributed by atoms with van der Waals surface area (Å²) in [5.74, 6) is 0. The van der Waals surface area contributed by atoms with Gasteiger partial charge in [0.15, 0.2) is 0 Å². The number of rotatable bonds is 2. The third-order valence-electron chi connectivity index (χ3n) is 2.03. The second-order valence-electron chi connectivity index (χ2n) is 3.12. The van der Waals surface area contributed by atoms with E-state index in [0.717, 1.165) is 0 Å². The Morgan fingerprint density at radius 3 is 2.69 bits per heavy atom. The Bertz CT molecular complexity index is 532. The number of fused-ring (bicyclic) bond motifs is 1. The highest BCUT2D eigenvalue weighted by Crippen LogP contribution is 2.40. The lowest BCUT2D eigenvalue weighted by atomic mass is 10.2. The molecule has 0 bridgehead atoms. The topological polar surface area (TPSA) is 32.9 Å². The van der Waals surface area contributed by atoms with Crippen molar-refractivity contribution < 1.29 is 18.0 Å². The van der Waals surface area contributed by atoms with Gasteiger partial charge < -0.3 is 4.98 Å². The van der Waals surface area contributed by atoms with Gasteiger partial charge in [0.05, 0.1) is 0 Å². The first-order valence-electron chi connectivity index (χ1n) is 4.31. The Morgan fingerprint density at radius 1 is 1.31 bits per heavy atom. The number of hydrogen-bond donors (Lipinski definition) is 1. The number of nitrogens with one attached hydrogen (secondary N) is 1. The number of thioether (sulfide) groups is 1. The number of aromatic amines is 1. The van der Waals surface area contributed by atoms with Crippen LogP contribution in [0.2, 0.25) is 0 Å². The molecule has 0 radical (unpaired) electrons. The van der Waals surface area contributed by atoms with Gasteiger partial charge in [-0.1, -0.05) is 0 Å². The van der Waals surface area contributed by atoms with Crippen LogP contribution in [0.25, 0.3) is 10.9 Å². The molecule has 0 spiro atoms. The summed E-state index contributed by atoms with van der Waals surface area (Å²) in [5, 5.41) is 0.409. The van der Waals surface area contributed by atoms with Crippen molar-refractivity contribution >= 4 is 29.0 Å². The van der Waals surface area contributed by atoms with Crippen molar-refractivity contribution in [3.63, 3.8) is 0 Å². The summed E-state index contributed by atoms with van der Waals surface area (Å²) in [4.78, 5) is 13.3. The summed E-state index contributed by atoms with van der Waals surface area (Å²) in [6.45, 7) is 0. The second-order valence-corrected chi connectivity index (χ2v) is 4.23. The minimum absolute atomic E-state index is 0.0752. The maximum Gasteiger partial charge on any atom is 0.446 e. The van der Waals surface area contributed by atoms with Crippen LogP contribution < -0.4 is 0 Å². The van der Waals surface area contributed by atoms with Gasteiger partial charge in [-0.05, 0) is 30.0 Å². The smallest absolute Gasteiger partial charge is 0.360 e. The van der Waals surface area contributed by atoms with E-state index in [1.807, 2.05) is 0 Å². The second kappa shape index (κ2) is 3.86. The Morgan fingerprint density at radius 2 is 2.06 bits per heavy atom. The lowest BCUT2D eigenvalue weighted by Crippen LogP contribution is -1.98. The minimum Gasteiger partial charge on any atom is -0.360 e. The lowest BCUT2D eigenvalue weighted by Gasteiger charge is -2.03. The van der Waals surface area contributed by atoms with Crippen molar-refractivity contribution in [2.75, 3.05) is 0 Å². The Kier molecular flexibility index (Phi) is 2.67. The van der Waals surface area contributed by atoms with E-state index in [0.29, 0.717) is 22.8 Å². The molecule has 2 aromatic rings.